The zero-order valence-electron chi connectivity index (χ0n) is 9.02. The average Bonchev–Trinajstić information content (AvgIpc) is 2.41. The monoisotopic (exact) mass is 177 g/mol. The second-order valence-electron chi connectivity index (χ2n) is 3.84. The highest BCUT2D eigenvalue weighted by molar-refractivity contribution is 5.58. The van der Waals surface area contributed by atoms with Crippen molar-refractivity contribution in [1.82, 2.24) is 0 Å². The van der Waals surface area contributed by atoms with Gasteiger partial charge in [-0.2, -0.15) is 0 Å². The number of para-hydroxylation sites is 1. The van der Waals surface area contributed by atoms with Crippen LogP contribution in [0.4, 0.5) is 5.69 Å². The summed E-state index contributed by atoms with van der Waals surface area (Å²) in [5.74, 6) is 0. The second kappa shape index (κ2) is 3.82. The van der Waals surface area contributed by atoms with Gasteiger partial charge in [-0.25, -0.2) is 0 Å². The van der Waals surface area contributed by atoms with Crippen molar-refractivity contribution in [2.45, 2.75) is 39.7 Å². The van der Waals surface area contributed by atoms with Gasteiger partial charge in [0.15, 0.2) is 0 Å². The molecule has 0 spiro atoms. The molecule has 1 aliphatic rings. The summed E-state index contributed by atoms with van der Waals surface area (Å²) < 4.78 is 0. The number of hydrogen-bond acceptors (Lipinski definition) is 1. The lowest BCUT2D eigenvalue weighted by Crippen LogP contribution is -2.26. The molecule has 0 aromatic heterocycles. The molecule has 0 radical (unpaired) electrons. The third kappa shape index (κ3) is 2.24. The minimum absolute atomic E-state index is 0.254. The van der Waals surface area contributed by atoms with E-state index in [2.05, 4.69) is 43.4 Å². The standard InChI is InChI=1S/C10H13N.C2H6/c1-10(2)7-8-5-3-4-6-9(8)11-10;1-2/h3-6,11H,7H2,1-2H3;1-2H3. The van der Waals surface area contributed by atoms with Gasteiger partial charge in [0.2, 0.25) is 0 Å². The van der Waals surface area contributed by atoms with Crippen LogP contribution in [0.2, 0.25) is 0 Å². The number of nitrogens with one attached hydrogen (secondary N) is 1. The molecule has 0 bridgehead atoms. The summed E-state index contributed by atoms with van der Waals surface area (Å²) >= 11 is 0. The summed E-state index contributed by atoms with van der Waals surface area (Å²) in [5, 5.41) is 3.47. The highest BCUT2D eigenvalue weighted by atomic mass is 15.0. The van der Waals surface area contributed by atoms with E-state index in [0.717, 1.165) is 6.42 Å². The Labute approximate surface area is 81.2 Å². The lowest BCUT2D eigenvalue weighted by atomic mass is 10.0. The van der Waals surface area contributed by atoms with Crippen LogP contribution in [0.1, 0.15) is 33.3 Å². The van der Waals surface area contributed by atoms with Gasteiger partial charge in [0.1, 0.15) is 0 Å². The third-order valence-electron chi connectivity index (χ3n) is 2.12. The third-order valence-corrected chi connectivity index (χ3v) is 2.12. The van der Waals surface area contributed by atoms with Gasteiger partial charge in [0.25, 0.3) is 0 Å². The van der Waals surface area contributed by atoms with Gasteiger partial charge in [-0.3, -0.25) is 0 Å². The van der Waals surface area contributed by atoms with Gasteiger partial charge >= 0.3 is 0 Å². The molecule has 0 saturated carbocycles. The zero-order valence-corrected chi connectivity index (χ0v) is 9.02. The predicted molar refractivity (Wildman–Crippen MR) is 59.2 cm³/mol. The van der Waals surface area contributed by atoms with Gasteiger partial charge in [-0.15, -0.1) is 0 Å². The zero-order chi connectivity index (χ0) is 9.90. The molecule has 0 atom stereocenters. The smallest absolute Gasteiger partial charge is 0.0377 e. The van der Waals surface area contributed by atoms with Gasteiger partial charge in [-0.1, -0.05) is 32.0 Å². The van der Waals surface area contributed by atoms with Crippen LogP contribution in [0.5, 0.6) is 0 Å². The van der Waals surface area contributed by atoms with Gasteiger partial charge in [0.05, 0.1) is 0 Å². The van der Waals surface area contributed by atoms with E-state index in [0.29, 0.717) is 0 Å². The fourth-order valence-electron chi connectivity index (χ4n) is 1.68. The quantitative estimate of drug-likeness (QED) is 0.640. The SMILES string of the molecule is CC.CC1(C)Cc2ccccc2N1. The highest BCUT2D eigenvalue weighted by Crippen LogP contribution is 2.31. The molecule has 13 heavy (non-hydrogen) atoms. The molecule has 1 aromatic rings. The largest absolute Gasteiger partial charge is 0.380 e. The Bertz CT molecular complexity index is 249. The maximum atomic E-state index is 3.47. The van der Waals surface area contributed by atoms with Crippen molar-refractivity contribution in [1.29, 1.82) is 0 Å². The summed E-state index contributed by atoms with van der Waals surface area (Å²) in [5.41, 5.74) is 3.00. The van der Waals surface area contributed by atoms with E-state index in [9.17, 15) is 0 Å². The van der Waals surface area contributed by atoms with Gasteiger partial charge in [0, 0.05) is 11.2 Å². The molecule has 1 aromatic carbocycles. The number of benzene rings is 1. The molecule has 72 valence electrons. The summed E-state index contributed by atoms with van der Waals surface area (Å²) in [7, 11) is 0. The summed E-state index contributed by atoms with van der Waals surface area (Å²) in [4.78, 5) is 0. The molecule has 1 nitrogen and oxygen atoms in total. The van der Waals surface area contributed by atoms with Crippen LogP contribution in [0.3, 0.4) is 0 Å². The topological polar surface area (TPSA) is 12.0 Å². The molecule has 1 heteroatoms. The van der Waals surface area contributed by atoms with Crippen LogP contribution in [0.25, 0.3) is 0 Å². The van der Waals surface area contributed by atoms with Crippen molar-refractivity contribution in [3.05, 3.63) is 29.8 Å². The van der Waals surface area contributed by atoms with E-state index in [1.165, 1.54) is 11.3 Å². The first-order chi connectivity index (χ1) is 6.17. The van der Waals surface area contributed by atoms with E-state index >= 15 is 0 Å². The molecule has 2 rings (SSSR count). The van der Waals surface area contributed by atoms with Crippen LogP contribution >= 0.6 is 0 Å². The predicted octanol–water partition coefficient (Wildman–Crippen LogP) is 3.46. The average molecular weight is 177 g/mol. The number of rotatable bonds is 0. The van der Waals surface area contributed by atoms with Gasteiger partial charge < -0.3 is 5.32 Å². The van der Waals surface area contributed by atoms with E-state index in [1.807, 2.05) is 13.8 Å². The molecule has 1 aliphatic heterocycles. The lowest BCUT2D eigenvalue weighted by molar-refractivity contribution is 0.594. The van der Waals surface area contributed by atoms with Crippen LogP contribution in [-0.4, -0.2) is 5.54 Å². The van der Waals surface area contributed by atoms with Crippen molar-refractivity contribution >= 4 is 5.69 Å². The summed E-state index contributed by atoms with van der Waals surface area (Å²) in [6.07, 6.45) is 1.14. The van der Waals surface area contributed by atoms with Crippen LogP contribution in [-0.2, 0) is 6.42 Å². The van der Waals surface area contributed by atoms with Crippen molar-refractivity contribution in [2.24, 2.45) is 0 Å². The van der Waals surface area contributed by atoms with E-state index in [4.69, 9.17) is 0 Å². The highest BCUT2D eigenvalue weighted by Gasteiger charge is 2.26. The van der Waals surface area contributed by atoms with Crippen molar-refractivity contribution in [2.75, 3.05) is 5.32 Å². The number of fused-ring (bicyclic) bond motifs is 1. The molecule has 0 fully saturated rings. The molecular formula is C12H19N. The first-order valence-corrected chi connectivity index (χ1v) is 5.03. The Hall–Kier alpha value is -0.980. The van der Waals surface area contributed by atoms with Gasteiger partial charge in [-0.05, 0) is 31.9 Å². The Morgan fingerprint density at radius 3 is 2.38 bits per heavy atom. The fourth-order valence-corrected chi connectivity index (χ4v) is 1.68. The normalized spacial score (nSPS) is 16.6. The van der Waals surface area contributed by atoms with Crippen LogP contribution < -0.4 is 5.32 Å². The molecular weight excluding hydrogens is 158 g/mol. The van der Waals surface area contributed by atoms with Crippen molar-refractivity contribution in [3.63, 3.8) is 0 Å². The summed E-state index contributed by atoms with van der Waals surface area (Å²) in [6.45, 7) is 8.46. The second-order valence-corrected chi connectivity index (χ2v) is 3.84. The minimum atomic E-state index is 0.254. The maximum Gasteiger partial charge on any atom is 0.0377 e. The molecule has 0 unspecified atom stereocenters. The van der Waals surface area contributed by atoms with Crippen molar-refractivity contribution in [3.8, 4) is 0 Å². The Kier molecular flexibility index (Phi) is 2.97. The Balaban J connectivity index is 0.000000396. The van der Waals surface area contributed by atoms with Crippen LogP contribution in [0, 0.1) is 0 Å². The Morgan fingerprint density at radius 1 is 1.15 bits per heavy atom. The number of anilines is 1. The summed E-state index contributed by atoms with van der Waals surface area (Å²) in [6, 6.07) is 8.51. The molecule has 0 amide bonds. The lowest BCUT2D eigenvalue weighted by Gasteiger charge is -2.17. The maximum absolute atomic E-state index is 3.47. The fraction of sp³-hybridized carbons (Fsp3) is 0.500. The first kappa shape index (κ1) is 10.1. The van der Waals surface area contributed by atoms with E-state index < -0.39 is 0 Å². The first-order valence-electron chi connectivity index (χ1n) is 5.03. The molecule has 1 N–H and O–H groups in total. The molecule has 0 saturated heterocycles. The van der Waals surface area contributed by atoms with E-state index in [1.54, 1.807) is 0 Å². The number of hydrogen-bond donors (Lipinski definition) is 1. The molecule has 0 aliphatic carbocycles. The minimum Gasteiger partial charge on any atom is -0.380 e. The van der Waals surface area contributed by atoms with E-state index in [-0.39, 0.29) is 5.54 Å². The van der Waals surface area contributed by atoms with Crippen molar-refractivity contribution < 1.29 is 0 Å². The Morgan fingerprint density at radius 2 is 1.77 bits per heavy atom. The molecule has 1 heterocycles. The van der Waals surface area contributed by atoms with Crippen LogP contribution in [0.15, 0.2) is 24.3 Å².